The molecule has 0 amide bonds. The number of thiophene rings is 1. The van der Waals surface area contributed by atoms with Crippen LogP contribution in [0.5, 0.6) is 0 Å². The van der Waals surface area contributed by atoms with Gasteiger partial charge in [-0.05, 0) is 93.8 Å². The number of para-hydroxylation sites is 2. The van der Waals surface area contributed by atoms with Gasteiger partial charge in [0.05, 0.1) is 16.7 Å². The number of furan rings is 1. The Hall–Kier alpha value is -8.45. The first kappa shape index (κ1) is 36.1. The van der Waals surface area contributed by atoms with Crippen LogP contribution in [0, 0.1) is 0 Å². The van der Waals surface area contributed by atoms with Crippen LogP contribution in [0.1, 0.15) is 0 Å². The molecular formula is C59H34N4OS. The minimum absolute atomic E-state index is 0.577. The van der Waals surface area contributed by atoms with Crippen LogP contribution in [0.4, 0.5) is 0 Å². The van der Waals surface area contributed by atoms with Gasteiger partial charge in [0.15, 0.2) is 17.5 Å². The van der Waals surface area contributed by atoms with E-state index in [1.807, 2.05) is 47.7 Å². The maximum absolute atomic E-state index is 6.36. The minimum Gasteiger partial charge on any atom is -0.456 e. The van der Waals surface area contributed by atoms with Crippen molar-refractivity contribution in [2.45, 2.75) is 0 Å². The highest BCUT2D eigenvalue weighted by Gasteiger charge is 2.22. The average Bonchev–Trinajstić information content (AvgIpc) is 4.05. The summed E-state index contributed by atoms with van der Waals surface area (Å²) in [6, 6.07) is 73.5. The van der Waals surface area contributed by atoms with Gasteiger partial charge in [0.25, 0.3) is 0 Å². The second kappa shape index (κ2) is 14.0. The molecule has 10 aromatic carbocycles. The number of nitrogens with zero attached hydrogens (tertiary/aromatic N) is 4. The Balaban J connectivity index is 1.07. The largest absolute Gasteiger partial charge is 0.456 e. The molecule has 0 aliphatic rings. The Labute approximate surface area is 376 Å². The molecule has 0 saturated heterocycles. The second-order valence-electron chi connectivity index (χ2n) is 16.7. The Bertz CT molecular complexity index is 4260. The van der Waals surface area contributed by atoms with E-state index < -0.39 is 0 Å². The molecule has 5 nitrogen and oxygen atoms in total. The molecule has 14 aromatic rings. The molecule has 0 N–H and O–H groups in total. The van der Waals surface area contributed by atoms with Crippen molar-refractivity contribution >= 4 is 96.8 Å². The summed E-state index contributed by atoms with van der Waals surface area (Å²) in [6.07, 6.45) is 0. The molecule has 0 atom stereocenters. The molecule has 0 spiro atoms. The number of rotatable bonds is 5. The van der Waals surface area contributed by atoms with Crippen LogP contribution >= 0.6 is 11.3 Å². The van der Waals surface area contributed by atoms with Crippen LogP contribution in [0.2, 0.25) is 0 Å². The fourth-order valence-electron chi connectivity index (χ4n) is 10.0. The zero-order valence-corrected chi connectivity index (χ0v) is 35.6. The summed E-state index contributed by atoms with van der Waals surface area (Å²) in [4.78, 5) is 15.7. The summed E-state index contributed by atoms with van der Waals surface area (Å²) in [6.45, 7) is 0. The van der Waals surface area contributed by atoms with E-state index >= 15 is 0 Å². The number of hydrogen-bond acceptors (Lipinski definition) is 5. The van der Waals surface area contributed by atoms with E-state index in [0.29, 0.717) is 17.5 Å². The molecule has 0 unspecified atom stereocenters. The zero-order valence-electron chi connectivity index (χ0n) is 34.7. The van der Waals surface area contributed by atoms with Crippen LogP contribution in [0.15, 0.2) is 211 Å². The molecule has 0 aliphatic heterocycles. The molecule has 14 rings (SSSR count). The number of aromatic nitrogens is 4. The molecule has 0 fully saturated rings. The SMILES string of the molecule is c1ccc(-c2nc(-c3ccc(-n4c5ccccc5c5cc6ccccc6cc54)c(-c4cccc5sc6ccc7ccccc7c6c45)c3)nc(-c3ccc4c(c3)oc3ccccc34)n2)cc1. The molecule has 0 saturated carbocycles. The van der Waals surface area contributed by atoms with Gasteiger partial charge in [-0.1, -0.05) is 140 Å². The van der Waals surface area contributed by atoms with Gasteiger partial charge in [-0.15, -0.1) is 11.3 Å². The van der Waals surface area contributed by atoms with Crippen LogP contribution in [0.3, 0.4) is 0 Å². The maximum Gasteiger partial charge on any atom is 0.164 e. The van der Waals surface area contributed by atoms with E-state index in [0.717, 1.165) is 66.5 Å². The summed E-state index contributed by atoms with van der Waals surface area (Å²) in [5.74, 6) is 1.77. The lowest BCUT2D eigenvalue weighted by Crippen LogP contribution is -2.02. The van der Waals surface area contributed by atoms with Crippen LogP contribution in [-0.2, 0) is 0 Å². The van der Waals surface area contributed by atoms with Gasteiger partial charge < -0.3 is 8.98 Å². The monoisotopic (exact) mass is 846 g/mol. The van der Waals surface area contributed by atoms with Crippen LogP contribution < -0.4 is 0 Å². The van der Waals surface area contributed by atoms with Crippen molar-refractivity contribution < 1.29 is 4.42 Å². The van der Waals surface area contributed by atoms with Gasteiger partial charge in [-0.3, -0.25) is 0 Å². The Morgan fingerprint density at radius 2 is 1.00 bits per heavy atom. The zero-order chi connectivity index (χ0) is 42.6. The minimum atomic E-state index is 0.577. The van der Waals surface area contributed by atoms with Gasteiger partial charge >= 0.3 is 0 Å². The summed E-state index contributed by atoms with van der Waals surface area (Å²) in [5, 5.41) is 12.0. The van der Waals surface area contributed by atoms with Gasteiger partial charge in [0.2, 0.25) is 0 Å². The van der Waals surface area contributed by atoms with Crippen molar-refractivity contribution in [2.75, 3.05) is 0 Å². The van der Waals surface area contributed by atoms with Crippen molar-refractivity contribution in [3.63, 3.8) is 0 Å². The van der Waals surface area contributed by atoms with Crippen molar-refractivity contribution in [3.8, 4) is 51.0 Å². The fourth-order valence-corrected chi connectivity index (χ4v) is 11.2. The normalized spacial score (nSPS) is 12.0. The summed E-state index contributed by atoms with van der Waals surface area (Å²) in [7, 11) is 0. The first-order valence-corrected chi connectivity index (χ1v) is 22.7. The molecule has 0 aliphatic carbocycles. The third-order valence-corrected chi connectivity index (χ3v) is 14.1. The lowest BCUT2D eigenvalue weighted by molar-refractivity contribution is 0.669. The smallest absolute Gasteiger partial charge is 0.164 e. The van der Waals surface area contributed by atoms with E-state index in [-0.39, 0.29) is 0 Å². The first-order valence-electron chi connectivity index (χ1n) is 21.8. The average molecular weight is 847 g/mol. The third kappa shape index (κ3) is 5.61. The highest BCUT2D eigenvalue weighted by Crippen LogP contribution is 2.47. The molecule has 6 heteroatoms. The summed E-state index contributed by atoms with van der Waals surface area (Å²) < 4.78 is 11.3. The van der Waals surface area contributed by atoms with Crippen LogP contribution in [0.25, 0.3) is 136 Å². The van der Waals surface area contributed by atoms with E-state index in [4.69, 9.17) is 19.4 Å². The predicted molar refractivity (Wildman–Crippen MR) is 271 cm³/mol. The highest BCUT2D eigenvalue weighted by molar-refractivity contribution is 7.26. The van der Waals surface area contributed by atoms with Gasteiger partial charge in [0, 0.05) is 64.0 Å². The van der Waals surface area contributed by atoms with Gasteiger partial charge in [-0.2, -0.15) is 0 Å². The van der Waals surface area contributed by atoms with Crippen molar-refractivity contribution in [2.24, 2.45) is 0 Å². The standard InChI is InChI=1S/C59H34N4OS/c1-2-14-36(15-3-1)57-60-58(62-59(61-57)40-25-28-44-43-20-9-11-23-51(43)64-52(44)34-40)39-26-29-49(63-48-22-10-8-19-42(48)46-31-37-16-4-5-17-38(37)33-50(46)63)47(32-39)45-21-12-24-53-56(45)55-41-18-7-6-13-35(41)27-30-54(55)65-53/h1-34H. The third-order valence-electron chi connectivity index (χ3n) is 13.0. The maximum atomic E-state index is 6.36. The van der Waals surface area contributed by atoms with Crippen LogP contribution in [-0.4, -0.2) is 19.5 Å². The summed E-state index contributed by atoms with van der Waals surface area (Å²) in [5.41, 5.74) is 9.93. The highest BCUT2D eigenvalue weighted by atomic mass is 32.1. The summed E-state index contributed by atoms with van der Waals surface area (Å²) >= 11 is 1.85. The topological polar surface area (TPSA) is 56.7 Å². The van der Waals surface area contributed by atoms with E-state index in [2.05, 4.69) is 174 Å². The van der Waals surface area contributed by atoms with E-state index in [9.17, 15) is 0 Å². The van der Waals surface area contributed by atoms with Crippen molar-refractivity contribution in [3.05, 3.63) is 206 Å². The van der Waals surface area contributed by atoms with Gasteiger partial charge in [-0.25, -0.2) is 15.0 Å². The number of fused-ring (bicyclic) bond motifs is 12. The fraction of sp³-hybridized carbons (Fsp3) is 0. The predicted octanol–water partition coefficient (Wildman–Crippen LogP) is 16.2. The molecule has 0 radical (unpaired) electrons. The molecule has 65 heavy (non-hydrogen) atoms. The molecule has 0 bridgehead atoms. The van der Waals surface area contributed by atoms with Crippen molar-refractivity contribution in [1.82, 2.24) is 19.5 Å². The Morgan fingerprint density at radius 1 is 0.354 bits per heavy atom. The second-order valence-corrected chi connectivity index (χ2v) is 17.8. The number of hydrogen-bond donors (Lipinski definition) is 0. The molecule has 302 valence electrons. The lowest BCUT2D eigenvalue weighted by Gasteiger charge is -2.17. The van der Waals surface area contributed by atoms with E-state index in [1.165, 1.54) is 52.5 Å². The lowest BCUT2D eigenvalue weighted by atomic mass is 9.94. The molecular weight excluding hydrogens is 813 g/mol. The number of benzene rings is 10. The molecule has 4 aromatic heterocycles. The van der Waals surface area contributed by atoms with Crippen molar-refractivity contribution in [1.29, 1.82) is 0 Å². The van der Waals surface area contributed by atoms with Gasteiger partial charge in [0.1, 0.15) is 11.2 Å². The Morgan fingerprint density at radius 3 is 1.85 bits per heavy atom. The molecule has 4 heterocycles. The Kier molecular flexibility index (Phi) is 7.79. The first-order chi connectivity index (χ1) is 32.2. The van der Waals surface area contributed by atoms with E-state index in [1.54, 1.807) is 0 Å². The quantitative estimate of drug-likeness (QED) is 0.173.